The van der Waals surface area contributed by atoms with E-state index >= 15 is 0 Å². The van der Waals surface area contributed by atoms with E-state index < -0.39 is 10.2 Å². The van der Waals surface area contributed by atoms with E-state index in [1.165, 1.54) is 29.8 Å². The Hall–Kier alpha value is -0.950. The molecule has 1 aromatic carbocycles. The van der Waals surface area contributed by atoms with Crippen LogP contribution in [0.1, 0.15) is 18.0 Å². The van der Waals surface area contributed by atoms with Crippen LogP contribution in [0.2, 0.25) is 0 Å². The quantitative estimate of drug-likeness (QED) is 0.835. The second-order valence-electron chi connectivity index (χ2n) is 4.25. The number of rotatable bonds is 6. The molecule has 1 rings (SSSR count). The minimum atomic E-state index is -3.49. The standard InChI is InChI=1S/C12H20N2O3S/c1-13(2)18(16,17)14(3)12(9-10-15)11-7-5-4-6-8-11/h4-8,12,15H,9-10H2,1-3H3/t12-/m0/s1. The van der Waals surface area contributed by atoms with E-state index in [0.717, 1.165) is 5.56 Å². The first kappa shape index (κ1) is 15.1. The maximum atomic E-state index is 12.1. The van der Waals surface area contributed by atoms with Gasteiger partial charge in [-0.05, 0) is 12.0 Å². The van der Waals surface area contributed by atoms with Crippen LogP contribution >= 0.6 is 0 Å². The summed E-state index contributed by atoms with van der Waals surface area (Å²) in [5, 5.41) is 9.12. The lowest BCUT2D eigenvalue weighted by atomic mass is 10.0. The summed E-state index contributed by atoms with van der Waals surface area (Å²) in [5.41, 5.74) is 0.875. The van der Waals surface area contributed by atoms with Crippen molar-refractivity contribution in [2.75, 3.05) is 27.7 Å². The van der Waals surface area contributed by atoms with Crippen LogP contribution in [0.25, 0.3) is 0 Å². The highest BCUT2D eigenvalue weighted by Gasteiger charge is 2.28. The van der Waals surface area contributed by atoms with Gasteiger partial charge in [0, 0.05) is 27.7 Å². The molecule has 5 nitrogen and oxygen atoms in total. The summed E-state index contributed by atoms with van der Waals surface area (Å²) in [5.74, 6) is 0. The molecule has 0 saturated heterocycles. The van der Waals surface area contributed by atoms with Crippen LogP contribution in [0.4, 0.5) is 0 Å². The lowest BCUT2D eigenvalue weighted by Crippen LogP contribution is -2.40. The molecule has 1 atom stereocenters. The lowest BCUT2D eigenvalue weighted by molar-refractivity contribution is 0.235. The zero-order chi connectivity index (χ0) is 13.8. The Morgan fingerprint density at radius 2 is 1.72 bits per heavy atom. The maximum absolute atomic E-state index is 12.1. The van der Waals surface area contributed by atoms with Gasteiger partial charge in [0.1, 0.15) is 0 Å². The molecule has 0 heterocycles. The van der Waals surface area contributed by atoms with Crippen molar-refractivity contribution >= 4 is 10.2 Å². The molecule has 102 valence electrons. The van der Waals surface area contributed by atoms with Crippen molar-refractivity contribution in [2.24, 2.45) is 0 Å². The summed E-state index contributed by atoms with van der Waals surface area (Å²) in [6, 6.07) is 8.96. The highest BCUT2D eigenvalue weighted by Crippen LogP contribution is 2.25. The fourth-order valence-corrected chi connectivity index (χ4v) is 2.84. The zero-order valence-electron chi connectivity index (χ0n) is 10.9. The first-order chi connectivity index (χ1) is 8.41. The largest absolute Gasteiger partial charge is 0.396 e. The normalized spacial score (nSPS) is 14.1. The molecule has 0 amide bonds. The van der Waals surface area contributed by atoms with Crippen LogP contribution in [0.15, 0.2) is 30.3 Å². The van der Waals surface area contributed by atoms with Crippen LogP contribution in [-0.2, 0) is 10.2 Å². The van der Waals surface area contributed by atoms with Gasteiger partial charge in [0.25, 0.3) is 10.2 Å². The number of hydrogen-bond acceptors (Lipinski definition) is 3. The second-order valence-corrected chi connectivity index (χ2v) is 6.45. The molecule has 0 radical (unpaired) electrons. The van der Waals surface area contributed by atoms with Gasteiger partial charge in [0.2, 0.25) is 0 Å². The van der Waals surface area contributed by atoms with Crippen molar-refractivity contribution in [3.8, 4) is 0 Å². The molecule has 1 aromatic rings. The van der Waals surface area contributed by atoms with Crippen molar-refractivity contribution in [1.29, 1.82) is 0 Å². The molecule has 18 heavy (non-hydrogen) atoms. The highest BCUT2D eigenvalue weighted by molar-refractivity contribution is 7.86. The molecule has 0 spiro atoms. The van der Waals surface area contributed by atoms with Gasteiger partial charge >= 0.3 is 0 Å². The Morgan fingerprint density at radius 3 is 2.17 bits per heavy atom. The zero-order valence-corrected chi connectivity index (χ0v) is 11.8. The number of hydrogen-bond donors (Lipinski definition) is 1. The van der Waals surface area contributed by atoms with Gasteiger partial charge in [-0.2, -0.15) is 17.0 Å². The van der Waals surface area contributed by atoms with Gasteiger partial charge in [-0.3, -0.25) is 0 Å². The predicted octanol–water partition coefficient (Wildman–Crippen LogP) is 0.848. The van der Waals surface area contributed by atoms with Crippen molar-refractivity contribution in [1.82, 2.24) is 8.61 Å². The van der Waals surface area contributed by atoms with E-state index in [1.807, 2.05) is 30.3 Å². The summed E-state index contributed by atoms with van der Waals surface area (Å²) in [6.07, 6.45) is 0.369. The van der Waals surface area contributed by atoms with E-state index in [9.17, 15) is 8.42 Å². The van der Waals surface area contributed by atoms with Crippen molar-refractivity contribution in [2.45, 2.75) is 12.5 Å². The summed E-state index contributed by atoms with van der Waals surface area (Å²) < 4.78 is 26.6. The van der Waals surface area contributed by atoms with Gasteiger partial charge in [-0.25, -0.2) is 0 Å². The third-order valence-electron chi connectivity index (χ3n) is 2.85. The molecule has 0 aliphatic heterocycles. The first-order valence-corrected chi connectivity index (χ1v) is 7.12. The van der Waals surface area contributed by atoms with Crippen LogP contribution in [-0.4, -0.2) is 49.9 Å². The summed E-state index contributed by atoms with van der Waals surface area (Å²) in [7, 11) is 1.03. The minimum absolute atomic E-state index is 0.0626. The van der Waals surface area contributed by atoms with Crippen LogP contribution < -0.4 is 0 Å². The Bertz CT molecular complexity index is 459. The number of aliphatic hydroxyl groups excluding tert-OH is 1. The molecule has 0 fully saturated rings. The summed E-state index contributed by atoms with van der Waals surface area (Å²) in [4.78, 5) is 0. The van der Waals surface area contributed by atoms with Gasteiger partial charge in [0.05, 0.1) is 6.04 Å². The van der Waals surface area contributed by atoms with Crippen LogP contribution in [0.3, 0.4) is 0 Å². The van der Waals surface area contributed by atoms with E-state index in [2.05, 4.69) is 0 Å². The van der Waals surface area contributed by atoms with Gasteiger partial charge in [0.15, 0.2) is 0 Å². The fourth-order valence-electron chi connectivity index (χ4n) is 1.77. The Morgan fingerprint density at radius 1 is 1.17 bits per heavy atom. The molecule has 6 heteroatoms. The molecular formula is C12H20N2O3S. The number of aliphatic hydroxyl groups is 1. The Labute approximate surface area is 109 Å². The third-order valence-corrected chi connectivity index (χ3v) is 4.76. The van der Waals surface area contributed by atoms with E-state index in [-0.39, 0.29) is 12.6 Å². The first-order valence-electron chi connectivity index (χ1n) is 5.72. The molecule has 0 unspecified atom stereocenters. The molecule has 0 saturated carbocycles. The smallest absolute Gasteiger partial charge is 0.281 e. The average Bonchev–Trinajstić information content (AvgIpc) is 2.36. The predicted molar refractivity (Wildman–Crippen MR) is 71.3 cm³/mol. The van der Waals surface area contributed by atoms with Crippen LogP contribution in [0.5, 0.6) is 0 Å². The highest BCUT2D eigenvalue weighted by atomic mass is 32.2. The fraction of sp³-hybridized carbons (Fsp3) is 0.500. The van der Waals surface area contributed by atoms with E-state index in [0.29, 0.717) is 6.42 Å². The van der Waals surface area contributed by atoms with Crippen LogP contribution in [0, 0.1) is 0 Å². The SMILES string of the molecule is CN(C)S(=O)(=O)N(C)[C@@H](CCO)c1ccccc1. The molecule has 0 aliphatic carbocycles. The van der Waals surface area contributed by atoms with Gasteiger partial charge in [-0.1, -0.05) is 30.3 Å². The molecule has 0 aliphatic rings. The Kier molecular flexibility index (Phi) is 5.28. The van der Waals surface area contributed by atoms with Gasteiger partial charge < -0.3 is 5.11 Å². The summed E-state index contributed by atoms with van der Waals surface area (Å²) in [6.45, 7) is -0.0626. The summed E-state index contributed by atoms with van der Waals surface area (Å²) >= 11 is 0. The minimum Gasteiger partial charge on any atom is -0.396 e. The van der Waals surface area contributed by atoms with Gasteiger partial charge in [-0.15, -0.1) is 0 Å². The third kappa shape index (κ3) is 3.29. The molecule has 1 N–H and O–H groups in total. The number of benzene rings is 1. The van der Waals surface area contributed by atoms with E-state index in [1.54, 1.807) is 0 Å². The van der Waals surface area contributed by atoms with Crippen molar-refractivity contribution in [3.05, 3.63) is 35.9 Å². The van der Waals surface area contributed by atoms with Crippen molar-refractivity contribution in [3.63, 3.8) is 0 Å². The topological polar surface area (TPSA) is 60.9 Å². The monoisotopic (exact) mass is 272 g/mol. The molecule has 0 aromatic heterocycles. The van der Waals surface area contributed by atoms with Crippen molar-refractivity contribution < 1.29 is 13.5 Å². The second kappa shape index (κ2) is 6.29. The molecular weight excluding hydrogens is 252 g/mol. The average molecular weight is 272 g/mol. The lowest BCUT2D eigenvalue weighted by Gasteiger charge is -2.29. The number of nitrogens with zero attached hydrogens (tertiary/aromatic N) is 2. The maximum Gasteiger partial charge on any atom is 0.281 e. The van der Waals surface area contributed by atoms with E-state index in [4.69, 9.17) is 5.11 Å². The molecule has 0 bridgehead atoms. The Balaban J connectivity index is 3.07.